The molecule has 3 aromatic rings. The monoisotopic (exact) mass is 283 g/mol. The minimum atomic E-state index is -0.812. The van der Waals surface area contributed by atoms with E-state index >= 15 is 0 Å². The Kier molecular flexibility index (Phi) is 3.93. The van der Waals surface area contributed by atoms with Gasteiger partial charge in [0.1, 0.15) is 0 Å². The van der Waals surface area contributed by atoms with E-state index in [0.717, 1.165) is 17.2 Å². The van der Waals surface area contributed by atoms with E-state index in [1.807, 2.05) is 12.1 Å². The highest BCUT2D eigenvalue weighted by atomic mass is 19.2. The molecular weight excluding hydrogens is 268 g/mol. The Labute approximate surface area is 122 Å². The van der Waals surface area contributed by atoms with E-state index in [9.17, 15) is 8.78 Å². The van der Waals surface area contributed by atoms with Crippen molar-refractivity contribution >= 4 is 10.8 Å². The SMILES string of the molecule is Fc1ccc(CNCc2ccc3ccccc3c2)cc1F. The van der Waals surface area contributed by atoms with E-state index in [0.29, 0.717) is 13.1 Å². The minimum absolute atomic E-state index is 0.504. The smallest absolute Gasteiger partial charge is 0.159 e. The number of rotatable bonds is 4. The van der Waals surface area contributed by atoms with Gasteiger partial charge in [0, 0.05) is 13.1 Å². The maximum Gasteiger partial charge on any atom is 0.159 e. The molecule has 0 atom stereocenters. The second kappa shape index (κ2) is 6.02. The van der Waals surface area contributed by atoms with E-state index in [-0.39, 0.29) is 0 Å². The first-order valence-corrected chi connectivity index (χ1v) is 6.85. The van der Waals surface area contributed by atoms with Crippen LogP contribution in [0.25, 0.3) is 10.8 Å². The summed E-state index contributed by atoms with van der Waals surface area (Å²) in [5, 5.41) is 5.65. The molecule has 3 rings (SSSR count). The first-order chi connectivity index (χ1) is 10.2. The first kappa shape index (κ1) is 13.7. The molecule has 0 bridgehead atoms. The van der Waals surface area contributed by atoms with Gasteiger partial charge in [0.15, 0.2) is 11.6 Å². The fourth-order valence-corrected chi connectivity index (χ4v) is 2.35. The zero-order valence-corrected chi connectivity index (χ0v) is 11.4. The molecule has 0 unspecified atom stereocenters. The van der Waals surface area contributed by atoms with E-state index in [1.54, 1.807) is 6.07 Å². The molecule has 1 nitrogen and oxygen atoms in total. The molecule has 0 aliphatic rings. The summed E-state index contributed by atoms with van der Waals surface area (Å²) in [4.78, 5) is 0. The predicted octanol–water partition coefficient (Wildman–Crippen LogP) is 4.41. The fourth-order valence-electron chi connectivity index (χ4n) is 2.35. The van der Waals surface area contributed by atoms with Crippen LogP contribution in [0.4, 0.5) is 8.78 Å². The number of hydrogen-bond donors (Lipinski definition) is 1. The third kappa shape index (κ3) is 3.26. The van der Waals surface area contributed by atoms with E-state index < -0.39 is 11.6 Å². The van der Waals surface area contributed by atoms with Crippen LogP contribution < -0.4 is 5.32 Å². The lowest BCUT2D eigenvalue weighted by Crippen LogP contribution is -2.12. The average Bonchev–Trinajstić information content (AvgIpc) is 2.51. The topological polar surface area (TPSA) is 12.0 Å². The normalized spacial score (nSPS) is 11.0. The molecule has 0 saturated heterocycles. The van der Waals surface area contributed by atoms with Crippen LogP contribution in [0.15, 0.2) is 60.7 Å². The van der Waals surface area contributed by atoms with Crippen molar-refractivity contribution in [3.05, 3.63) is 83.4 Å². The third-order valence-electron chi connectivity index (χ3n) is 3.46. The van der Waals surface area contributed by atoms with Crippen molar-refractivity contribution in [2.75, 3.05) is 0 Å². The minimum Gasteiger partial charge on any atom is -0.309 e. The van der Waals surface area contributed by atoms with Gasteiger partial charge < -0.3 is 5.32 Å². The van der Waals surface area contributed by atoms with Crippen LogP contribution in [0.2, 0.25) is 0 Å². The van der Waals surface area contributed by atoms with Crippen molar-refractivity contribution in [3.63, 3.8) is 0 Å². The number of nitrogens with one attached hydrogen (secondary N) is 1. The molecule has 0 heterocycles. The van der Waals surface area contributed by atoms with Crippen molar-refractivity contribution in [2.24, 2.45) is 0 Å². The Morgan fingerprint density at radius 2 is 1.33 bits per heavy atom. The molecule has 1 N–H and O–H groups in total. The highest BCUT2D eigenvalue weighted by molar-refractivity contribution is 5.82. The zero-order valence-electron chi connectivity index (χ0n) is 11.4. The van der Waals surface area contributed by atoms with Crippen LogP contribution in [0, 0.1) is 11.6 Å². The molecule has 0 aliphatic carbocycles. The molecular formula is C18H15F2N. The van der Waals surface area contributed by atoms with Gasteiger partial charge in [0.25, 0.3) is 0 Å². The highest BCUT2D eigenvalue weighted by Crippen LogP contribution is 2.15. The summed E-state index contributed by atoms with van der Waals surface area (Å²) in [6.45, 7) is 1.19. The van der Waals surface area contributed by atoms with Crippen LogP contribution in [0.5, 0.6) is 0 Å². The quantitative estimate of drug-likeness (QED) is 0.748. The lowest BCUT2D eigenvalue weighted by molar-refractivity contribution is 0.506. The third-order valence-corrected chi connectivity index (χ3v) is 3.46. The Hall–Kier alpha value is -2.26. The lowest BCUT2D eigenvalue weighted by Gasteiger charge is -2.07. The molecule has 0 amide bonds. The van der Waals surface area contributed by atoms with Gasteiger partial charge in [0.05, 0.1) is 0 Å². The van der Waals surface area contributed by atoms with Crippen LogP contribution in [0.1, 0.15) is 11.1 Å². The van der Waals surface area contributed by atoms with Gasteiger partial charge in [-0.1, -0.05) is 42.5 Å². The molecule has 0 radical (unpaired) electrons. The summed E-state index contributed by atoms with van der Waals surface area (Å²) in [5.74, 6) is -1.62. The van der Waals surface area contributed by atoms with Gasteiger partial charge in [-0.3, -0.25) is 0 Å². The highest BCUT2D eigenvalue weighted by Gasteiger charge is 2.02. The number of halogens is 2. The lowest BCUT2D eigenvalue weighted by atomic mass is 10.1. The summed E-state index contributed by atoms with van der Waals surface area (Å²) in [6, 6.07) is 18.4. The Balaban J connectivity index is 1.64. The van der Waals surface area contributed by atoms with Gasteiger partial charge in [-0.2, -0.15) is 0 Å². The van der Waals surface area contributed by atoms with E-state index in [2.05, 4.69) is 35.6 Å². The predicted molar refractivity (Wildman–Crippen MR) is 80.8 cm³/mol. The first-order valence-electron chi connectivity index (χ1n) is 6.85. The molecule has 3 heteroatoms. The van der Waals surface area contributed by atoms with Crippen molar-refractivity contribution in [3.8, 4) is 0 Å². The largest absolute Gasteiger partial charge is 0.309 e. The Bertz CT molecular complexity index is 768. The number of hydrogen-bond acceptors (Lipinski definition) is 1. The average molecular weight is 283 g/mol. The molecule has 0 spiro atoms. The molecule has 0 aliphatic heterocycles. The van der Waals surface area contributed by atoms with Gasteiger partial charge >= 0.3 is 0 Å². The molecule has 21 heavy (non-hydrogen) atoms. The fraction of sp³-hybridized carbons (Fsp3) is 0.111. The van der Waals surface area contributed by atoms with E-state index in [4.69, 9.17) is 0 Å². The summed E-state index contributed by atoms with van der Waals surface area (Å²) in [7, 11) is 0. The van der Waals surface area contributed by atoms with Crippen LogP contribution in [-0.4, -0.2) is 0 Å². The second-order valence-electron chi connectivity index (χ2n) is 5.03. The van der Waals surface area contributed by atoms with Crippen molar-refractivity contribution in [1.82, 2.24) is 5.32 Å². The van der Waals surface area contributed by atoms with Crippen LogP contribution >= 0.6 is 0 Å². The number of benzene rings is 3. The molecule has 0 fully saturated rings. The molecule has 0 aromatic heterocycles. The summed E-state index contributed by atoms with van der Waals surface area (Å²) in [6.07, 6.45) is 0. The number of fused-ring (bicyclic) bond motifs is 1. The van der Waals surface area contributed by atoms with Gasteiger partial charge in [0.2, 0.25) is 0 Å². The van der Waals surface area contributed by atoms with E-state index in [1.165, 1.54) is 16.8 Å². The van der Waals surface area contributed by atoms with Crippen molar-refractivity contribution in [2.45, 2.75) is 13.1 Å². The Morgan fingerprint density at radius 3 is 2.10 bits per heavy atom. The van der Waals surface area contributed by atoms with Crippen molar-refractivity contribution in [1.29, 1.82) is 0 Å². The van der Waals surface area contributed by atoms with Gasteiger partial charge in [-0.15, -0.1) is 0 Å². The second-order valence-corrected chi connectivity index (χ2v) is 5.03. The maximum absolute atomic E-state index is 13.1. The molecule has 3 aromatic carbocycles. The van der Waals surface area contributed by atoms with Gasteiger partial charge in [-0.05, 0) is 40.1 Å². The maximum atomic E-state index is 13.1. The van der Waals surface area contributed by atoms with Gasteiger partial charge in [-0.25, -0.2) is 8.78 Å². The summed E-state index contributed by atoms with van der Waals surface area (Å²) < 4.78 is 25.9. The summed E-state index contributed by atoms with van der Waals surface area (Å²) in [5.41, 5.74) is 1.89. The summed E-state index contributed by atoms with van der Waals surface area (Å²) >= 11 is 0. The molecule has 106 valence electrons. The van der Waals surface area contributed by atoms with Crippen LogP contribution in [0.3, 0.4) is 0 Å². The Morgan fingerprint density at radius 1 is 0.667 bits per heavy atom. The molecule has 0 saturated carbocycles. The zero-order chi connectivity index (χ0) is 14.7. The van der Waals surface area contributed by atoms with Crippen LogP contribution in [-0.2, 0) is 13.1 Å². The standard InChI is InChI=1S/C18H15F2N/c19-17-8-6-14(10-18(17)20)12-21-11-13-5-7-15-3-1-2-4-16(15)9-13/h1-10,21H,11-12H2. The van der Waals surface area contributed by atoms with Crippen molar-refractivity contribution < 1.29 is 8.78 Å².